The van der Waals surface area contributed by atoms with Crippen LogP contribution in [-0.2, 0) is 11.3 Å². The molecule has 1 N–H and O–H groups in total. The lowest BCUT2D eigenvalue weighted by molar-refractivity contribution is -0.134. The van der Waals surface area contributed by atoms with Gasteiger partial charge in [0.1, 0.15) is 0 Å². The van der Waals surface area contributed by atoms with Crippen molar-refractivity contribution in [3.8, 4) is 0 Å². The molecule has 1 amide bonds. The molecule has 0 spiro atoms. The molecule has 1 aliphatic rings. The van der Waals surface area contributed by atoms with Gasteiger partial charge in [0.25, 0.3) is 0 Å². The summed E-state index contributed by atoms with van der Waals surface area (Å²) in [4.78, 5) is 15.5. The van der Waals surface area contributed by atoms with E-state index < -0.39 is 0 Å². The third kappa shape index (κ3) is 3.30. The minimum Gasteiger partial charge on any atom is -0.336 e. The lowest BCUT2D eigenvalue weighted by Crippen LogP contribution is -2.48. The molecule has 0 bridgehead atoms. The second-order valence-corrected chi connectivity index (χ2v) is 5.47. The maximum Gasteiger partial charge on any atom is 0.240 e. The highest BCUT2D eigenvalue weighted by Gasteiger charge is 2.24. The van der Waals surface area contributed by atoms with Gasteiger partial charge in [0.15, 0.2) is 0 Å². The van der Waals surface area contributed by atoms with Crippen molar-refractivity contribution in [2.75, 3.05) is 13.1 Å². The summed E-state index contributed by atoms with van der Waals surface area (Å²) in [7, 11) is 0. The van der Waals surface area contributed by atoms with E-state index in [1.165, 1.54) is 17.7 Å². The number of amides is 1. The predicted octanol–water partition coefficient (Wildman–Crippen LogP) is 2.24. The van der Waals surface area contributed by atoms with Crippen LogP contribution < -0.4 is 5.32 Å². The summed E-state index contributed by atoms with van der Waals surface area (Å²) in [5.41, 5.74) is 0. The molecule has 0 radical (unpaired) electrons. The number of likely N-dealkylation sites (N-methyl/N-ethyl adjacent to an activating group) is 1. The molecule has 0 unspecified atom stereocenters. The quantitative estimate of drug-likeness (QED) is 0.891. The summed E-state index contributed by atoms with van der Waals surface area (Å²) in [6, 6.07) is 4.18. The first-order chi connectivity index (χ1) is 8.31. The third-order valence-corrected chi connectivity index (χ3v) is 4.09. The number of thiophene rings is 1. The van der Waals surface area contributed by atoms with Crippen LogP contribution in [0.5, 0.6) is 0 Å². The van der Waals surface area contributed by atoms with E-state index >= 15 is 0 Å². The zero-order valence-electron chi connectivity index (χ0n) is 10.3. The Bertz CT molecular complexity index is 344. The van der Waals surface area contributed by atoms with Crippen molar-refractivity contribution in [3.05, 3.63) is 22.4 Å². The monoisotopic (exact) mass is 252 g/mol. The molecule has 0 saturated carbocycles. The van der Waals surface area contributed by atoms with Crippen molar-refractivity contribution in [1.82, 2.24) is 10.2 Å². The van der Waals surface area contributed by atoms with E-state index in [4.69, 9.17) is 0 Å². The molecule has 2 rings (SSSR count). The predicted molar refractivity (Wildman–Crippen MR) is 71.1 cm³/mol. The SMILES string of the molecule is CCN(Cc1cccs1)C(=O)[C@H]1CCCCN1. The fourth-order valence-corrected chi connectivity index (χ4v) is 2.94. The van der Waals surface area contributed by atoms with Crippen LogP contribution in [0.4, 0.5) is 0 Å². The molecule has 1 aromatic rings. The number of nitrogens with zero attached hydrogens (tertiary/aromatic N) is 1. The van der Waals surface area contributed by atoms with Crippen LogP contribution in [0.2, 0.25) is 0 Å². The average Bonchev–Trinajstić information content (AvgIpc) is 2.89. The molecule has 3 nitrogen and oxygen atoms in total. The van der Waals surface area contributed by atoms with Gasteiger partial charge in [-0.3, -0.25) is 4.79 Å². The number of carbonyl (C=O) groups excluding carboxylic acids is 1. The third-order valence-electron chi connectivity index (χ3n) is 3.23. The Morgan fingerprint density at radius 1 is 1.59 bits per heavy atom. The van der Waals surface area contributed by atoms with Crippen LogP contribution in [0.25, 0.3) is 0 Å². The largest absolute Gasteiger partial charge is 0.336 e. The highest BCUT2D eigenvalue weighted by molar-refractivity contribution is 7.09. The molecule has 1 saturated heterocycles. The summed E-state index contributed by atoms with van der Waals surface area (Å²) >= 11 is 1.72. The number of carbonyl (C=O) groups is 1. The second-order valence-electron chi connectivity index (χ2n) is 4.43. The number of nitrogens with one attached hydrogen (secondary N) is 1. The van der Waals surface area contributed by atoms with Crippen molar-refractivity contribution in [3.63, 3.8) is 0 Å². The fourth-order valence-electron chi connectivity index (χ4n) is 2.22. The zero-order valence-corrected chi connectivity index (χ0v) is 11.1. The van der Waals surface area contributed by atoms with Gasteiger partial charge in [0.2, 0.25) is 5.91 Å². The number of hydrogen-bond acceptors (Lipinski definition) is 3. The molecular formula is C13H20N2OS. The van der Waals surface area contributed by atoms with Gasteiger partial charge < -0.3 is 10.2 Å². The first kappa shape index (κ1) is 12.6. The second kappa shape index (κ2) is 6.17. The van der Waals surface area contributed by atoms with Crippen LogP contribution in [0.3, 0.4) is 0 Å². The van der Waals surface area contributed by atoms with Crippen LogP contribution in [0, 0.1) is 0 Å². The molecule has 1 atom stereocenters. The fraction of sp³-hybridized carbons (Fsp3) is 0.615. The Morgan fingerprint density at radius 2 is 2.47 bits per heavy atom. The Labute approximate surface area is 107 Å². The topological polar surface area (TPSA) is 32.3 Å². The molecule has 1 aliphatic heterocycles. The molecule has 0 aliphatic carbocycles. The van der Waals surface area contributed by atoms with Crippen molar-refractivity contribution in [2.24, 2.45) is 0 Å². The van der Waals surface area contributed by atoms with Gasteiger partial charge in [-0.05, 0) is 37.8 Å². The van der Waals surface area contributed by atoms with E-state index in [-0.39, 0.29) is 11.9 Å². The van der Waals surface area contributed by atoms with Gasteiger partial charge in [-0.1, -0.05) is 12.5 Å². The summed E-state index contributed by atoms with van der Waals surface area (Å²) in [5.74, 6) is 0.264. The molecular weight excluding hydrogens is 232 g/mol. The molecule has 1 fully saturated rings. The van der Waals surface area contributed by atoms with Crippen LogP contribution in [-0.4, -0.2) is 29.9 Å². The van der Waals surface area contributed by atoms with E-state index in [1.54, 1.807) is 11.3 Å². The minimum atomic E-state index is 0.0451. The smallest absolute Gasteiger partial charge is 0.240 e. The van der Waals surface area contributed by atoms with E-state index in [0.717, 1.165) is 26.1 Å². The Hall–Kier alpha value is -0.870. The average molecular weight is 252 g/mol. The van der Waals surface area contributed by atoms with E-state index in [9.17, 15) is 4.79 Å². The lowest BCUT2D eigenvalue weighted by atomic mass is 10.0. The van der Waals surface area contributed by atoms with Gasteiger partial charge >= 0.3 is 0 Å². The van der Waals surface area contributed by atoms with Gasteiger partial charge in [-0.15, -0.1) is 11.3 Å². The van der Waals surface area contributed by atoms with Crippen molar-refractivity contribution in [2.45, 2.75) is 38.8 Å². The molecule has 94 valence electrons. The van der Waals surface area contributed by atoms with Crippen molar-refractivity contribution < 1.29 is 4.79 Å². The van der Waals surface area contributed by atoms with E-state index in [2.05, 4.69) is 16.8 Å². The van der Waals surface area contributed by atoms with Gasteiger partial charge in [0, 0.05) is 11.4 Å². The van der Waals surface area contributed by atoms with Crippen LogP contribution in [0.1, 0.15) is 31.1 Å². The van der Waals surface area contributed by atoms with Gasteiger partial charge in [-0.2, -0.15) is 0 Å². The maximum absolute atomic E-state index is 12.3. The van der Waals surface area contributed by atoms with E-state index in [1.807, 2.05) is 17.9 Å². The highest BCUT2D eigenvalue weighted by atomic mass is 32.1. The maximum atomic E-state index is 12.3. The van der Waals surface area contributed by atoms with Gasteiger partial charge in [-0.25, -0.2) is 0 Å². The van der Waals surface area contributed by atoms with Crippen LogP contribution in [0.15, 0.2) is 17.5 Å². The molecule has 1 aromatic heterocycles. The Balaban J connectivity index is 1.94. The van der Waals surface area contributed by atoms with E-state index in [0.29, 0.717) is 0 Å². The number of piperidine rings is 1. The number of hydrogen-bond donors (Lipinski definition) is 1. The first-order valence-electron chi connectivity index (χ1n) is 6.36. The molecule has 0 aromatic carbocycles. The minimum absolute atomic E-state index is 0.0451. The zero-order chi connectivity index (χ0) is 12.1. The summed E-state index contributed by atoms with van der Waals surface area (Å²) in [6.45, 7) is 4.57. The molecule has 4 heteroatoms. The molecule has 17 heavy (non-hydrogen) atoms. The summed E-state index contributed by atoms with van der Waals surface area (Å²) < 4.78 is 0. The van der Waals surface area contributed by atoms with Crippen LogP contribution >= 0.6 is 11.3 Å². The number of rotatable bonds is 4. The van der Waals surface area contributed by atoms with Crippen molar-refractivity contribution >= 4 is 17.2 Å². The standard InChI is InChI=1S/C13H20N2OS/c1-2-15(10-11-6-5-9-17-11)13(16)12-7-3-4-8-14-12/h5-6,9,12,14H,2-4,7-8,10H2,1H3/t12-/m1/s1. The van der Waals surface area contributed by atoms with Gasteiger partial charge in [0.05, 0.1) is 12.6 Å². The Morgan fingerprint density at radius 3 is 3.06 bits per heavy atom. The Kier molecular flexibility index (Phi) is 4.57. The lowest BCUT2D eigenvalue weighted by Gasteiger charge is -2.29. The first-order valence-corrected chi connectivity index (χ1v) is 7.23. The normalized spacial score (nSPS) is 20.2. The summed E-state index contributed by atoms with van der Waals surface area (Å²) in [6.07, 6.45) is 3.35. The summed E-state index contributed by atoms with van der Waals surface area (Å²) in [5, 5.41) is 5.39. The van der Waals surface area contributed by atoms with Crippen molar-refractivity contribution in [1.29, 1.82) is 0 Å². The highest BCUT2D eigenvalue weighted by Crippen LogP contribution is 2.15. The molecule has 2 heterocycles.